The van der Waals surface area contributed by atoms with E-state index in [-0.39, 0.29) is 11.3 Å². The van der Waals surface area contributed by atoms with Crippen LogP contribution in [-0.4, -0.2) is 49.2 Å². The Bertz CT molecular complexity index is 700. The van der Waals surface area contributed by atoms with Gasteiger partial charge >= 0.3 is 5.97 Å². The van der Waals surface area contributed by atoms with Crippen molar-refractivity contribution in [3.8, 4) is 0 Å². The van der Waals surface area contributed by atoms with Crippen LogP contribution in [0, 0.1) is 0 Å². The highest BCUT2D eigenvalue weighted by molar-refractivity contribution is 8.00. The molecule has 1 aromatic heterocycles. The predicted molar refractivity (Wildman–Crippen MR) is 80.2 cm³/mol. The van der Waals surface area contributed by atoms with Crippen molar-refractivity contribution in [3.05, 3.63) is 30.0 Å². The first kappa shape index (κ1) is 13.9. The molecule has 1 aliphatic heterocycles. The van der Waals surface area contributed by atoms with E-state index in [0.29, 0.717) is 11.3 Å². The first-order chi connectivity index (χ1) is 10.1. The van der Waals surface area contributed by atoms with Gasteiger partial charge in [-0.2, -0.15) is 5.10 Å². The lowest BCUT2D eigenvalue weighted by Gasteiger charge is -2.26. The van der Waals surface area contributed by atoms with Gasteiger partial charge in [0.1, 0.15) is 6.04 Å². The number of fused-ring (bicyclic) bond motifs is 1. The number of carboxylic acid groups (broad SMARTS) is 1. The molecule has 1 saturated heterocycles. The standard InChI is InChI=1S/C14H15N3O3S/c1-2-12-17(11(7-21-12)14(19)20)13(18)8-3-4-10-9(5-8)6-15-16-10/h3-6,11-12H,2,7H2,1H3,(H,15,16)(H,19,20). The maximum absolute atomic E-state index is 12.7. The van der Waals surface area contributed by atoms with Crippen LogP contribution in [-0.2, 0) is 4.79 Å². The summed E-state index contributed by atoms with van der Waals surface area (Å²) in [4.78, 5) is 25.6. The van der Waals surface area contributed by atoms with Gasteiger partial charge in [0.05, 0.1) is 17.1 Å². The maximum Gasteiger partial charge on any atom is 0.327 e. The summed E-state index contributed by atoms with van der Waals surface area (Å²) >= 11 is 1.52. The van der Waals surface area contributed by atoms with Crippen LogP contribution >= 0.6 is 11.8 Å². The third kappa shape index (κ3) is 2.37. The summed E-state index contributed by atoms with van der Waals surface area (Å²) in [6.45, 7) is 1.96. The zero-order valence-corrected chi connectivity index (χ0v) is 12.3. The van der Waals surface area contributed by atoms with E-state index in [2.05, 4.69) is 10.2 Å². The molecule has 2 heterocycles. The third-order valence-electron chi connectivity index (χ3n) is 3.65. The van der Waals surface area contributed by atoms with Gasteiger partial charge in [-0.15, -0.1) is 11.8 Å². The summed E-state index contributed by atoms with van der Waals surface area (Å²) in [5.74, 6) is -0.744. The second kappa shape index (κ2) is 5.40. The summed E-state index contributed by atoms with van der Waals surface area (Å²) in [6, 6.07) is 4.48. The molecule has 1 amide bonds. The minimum Gasteiger partial charge on any atom is -0.480 e. The molecule has 3 rings (SSSR count). The molecule has 0 bridgehead atoms. The molecule has 2 atom stereocenters. The molecule has 0 saturated carbocycles. The highest BCUT2D eigenvalue weighted by Gasteiger charge is 2.41. The van der Waals surface area contributed by atoms with E-state index in [9.17, 15) is 14.7 Å². The number of hydrogen-bond donors (Lipinski definition) is 2. The number of rotatable bonds is 3. The molecule has 1 aliphatic rings. The van der Waals surface area contributed by atoms with E-state index in [4.69, 9.17) is 0 Å². The van der Waals surface area contributed by atoms with E-state index >= 15 is 0 Å². The Labute approximate surface area is 125 Å². The van der Waals surface area contributed by atoms with Crippen molar-refractivity contribution in [2.75, 3.05) is 5.75 Å². The Hall–Kier alpha value is -2.02. The molecule has 2 unspecified atom stereocenters. The van der Waals surface area contributed by atoms with Gasteiger partial charge in [0.15, 0.2) is 0 Å². The highest BCUT2D eigenvalue weighted by atomic mass is 32.2. The lowest BCUT2D eigenvalue weighted by Crippen LogP contribution is -2.45. The van der Waals surface area contributed by atoms with Gasteiger partial charge < -0.3 is 10.0 Å². The zero-order valence-electron chi connectivity index (χ0n) is 11.4. The molecule has 7 heteroatoms. The number of carboxylic acids is 1. The Morgan fingerprint density at radius 2 is 2.33 bits per heavy atom. The number of hydrogen-bond acceptors (Lipinski definition) is 4. The quantitative estimate of drug-likeness (QED) is 0.905. The zero-order chi connectivity index (χ0) is 15.0. The van der Waals surface area contributed by atoms with Crippen molar-refractivity contribution in [2.45, 2.75) is 24.8 Å². The Morgan fingerprint density at radius 1 is 1.52 bits per heavy atom. The number of carbonyl (C=O) groups excluding carboxylic acids is 1. The van der Waals surface area contributed by atoms with Crippen molar-refractivity contribution in [2.24, 2.45) is 0 Å². The van der Waals surface area contributed by atoms with Crippen molar-refractivity contribution in [1.82, 2.24) is 15.1 Å². The van der Waals surface area contributed by atoms with Gasteiger partial charge in [0.25, 0.3) is 5.91 Å². The van der Waals surface area contributed by atoms with Gasteiger partial charge in [-0.1, -0.05) is 6.92 Å². The molecule has 2 N–H and O–H groups in total. The van der Waals surface area contributed by atoms with E-state index < -0.39 is 12.0 Å². The van der Waals surface area contributed by atoms with Crippen LogP contribution in [0.5, 0.6) is 0 Å². The molecule has 2 aromatic rings. The largest absolute Gasteiger partial charge is 0.480 e. The molecule has 1 aromatic carbocycles. The number of aromatic amines is 1. The SMILES string of the molecule is CCC1SCC(C(=O)O)N1C(=O)c1ccc2[nH]ncc2c1. The lowest BCUT2D eigenvalue weighted by molar-refractivity contribution is -0.141. The number of H-pyrrole nitrogens is 1. The van der Waals surface area contributed by atoms with Crippen molar-refractivity contribution >= 4 is 34.5 Å². The number of nitrogens with one attached hydrogen (secondary N) is 1. The number of amides is 1. The lowest BCUT2D eigenvalue weighted by atomic mass is 10.1. The Balaban J connectivity index is 1.96. The van der Waals surface area contributed by atoms with Crippen LogP contribution in [0.4, 0.5) is 0 Å². The molecule has 0 aliphatic carbocycles. The van der Waals surface area contributed by atoms with Gasteiger partial charge in [0, 0.05) is 16.7 Å². The molecule has 6 nitrogen and oxygen atoms in total. The Kier molecular flexibility index (Phi) is 3.59. The van der Waals surface area contributed by atoms with Crippen molar-refractivity contribution in [1.29, 1.82) is 0 Å². The van der Waals surface area contributed by atoms with Gasteiger partial charge in [-0.25, -0.2) is 4.79 Å². The van der Waals surface area contributed by atoms with Crippen LogP contribution in [0.15, 0.2) is 24.4 Å². The minimum absolute atomic E-state index is 0.0846. The van der Waals surface area contributed by atoms with Crippen LogP contribution in [0.1, 0.15) is 23.7 Å². The van der Waals surface area contributed by atoms with Crippen LogP contribution in [0.2, 0.25) is 0 Å². The van der Waals surface area contributed by atoms with Crippen LogP contribution in [0.3, 0.4) is 0 Å². The normalized spacial score (nSPS) is 21.9. The van der Waals surface area contributed by atoms with Crippen LogP contribution < -0.4 is 0 Å². The fourth-order valence-corrected chi connectivity index (χ4v) is 3.91. The first-order valence-corrected chi connectivity index (χ1v) is 7.77. The number of thioether (sulfide) groups is 1. The molecule has 0 radical (unpaired) electrons. The smallest absolute Gasteiger partial charge is 0.327 e. The van der Waals surface area contributed by atoms with E-state index in [0.717, 1.165) is 17.3 Å². The number of aromatic nitrogens is 2. The number of benzene rings is 1. The van der Waals surface area contributed by atoms with Gasteiger partial charge in [0.2, 0.25) is 0 Å². The highest BCUT2D eigenvalue weighted by Crippen LogP contribution is 2.33. The molecule has 0 spiro atoms. The van der Waals surface area contributed by atoms with E-state index in [1.807, 2.05) is 6.92 Å². The topological polar surface area (TPSA) is 86.3 Å². The number of aliphatic carboxylic acids is 1. The van der Waals surface area contributed by atoms with Gasteiger partial charge in [-0.05, 0) is 24.6 Å². The second-order valence-corrected chi connectivity index (χ2v) is 6.15. The average molecular weight is 305 g/mol. The fourth-order valence-electron chi connectivity index (χ4n) is 2.57. The van der Waals surface area contributed by atoms with E-state index in [1.165, 1.54) is 16.7 Å². The fraction of sp³-hybridized carbons (Fsp3) is 0.357. The molecule has 1 fully saturated rings. The average Bonchev–Trinajstić information content (AvgIpc) is 3.11. The summed E-state index contributed by atoms with van der Waals surface area (Å²) in [5, 5.41) is 16.8. The first-order valence-electron chi connectivity index (χ1n) is 6.72. The van der Waals surface area contributed by atoms with Gasteiger partial charge in [-0.3, -0.25) is 9.89 Å². The predicted octanol–water partition coefficient (Wildman–Crippen LogP) is 1.94. The Morgan fingerprint density at radius 3 is 3.05 bits per heavy atom. The number of carbonyl (C=O) groups is 2. The van der Waals surface area contributed by atoms with Crippen molar-refractivity contribution < 1.29 is 14.7 Å². The molecular weight excluding hydrogens is 290 g/mol. The van der Waals surface area contributed by atoms with Crippen molar-refractivity contribution in [3.63, 3.8) is 0 Å². The molecule has 21 heavy (non-hydrogen) atoms. The summed E-state index contributed by atoms with van der Waals surface area (Å²) in [5.41, 5.74) is 1.35. The molecule has 110 valence electrons. The summed E-state index contributed by atoms with van der Waals surface area (Å²) < 4.78 is 0. The maximum atomic E-state index is 12.7. The van der Waals surface area contributed by atoms with Crippen LogP contribution in [0.25, 0.3) is 10.9 Å². The second-order valence-electron chi connectivity index (χ2n) is 4.93. The third-order valence-corrected chi connectivity index (χ3v) is 5.10. The summed E-state index contributed by atoms with van der Waals surface area (Å²) in [7, 11) is 0. The van der Waals surface area contributed by atoms with E-state index in [1.54, 1.807) is 24.4 Å². The summed E-state index contributed by atoms with van der Waals surface area (Å²) in [6.07, 6.45) is 2.38. The minimum atomic E-state index is -0.948. The number of nitrogens with zero attached hydrogens (tertiary/aromatic N) is 2. The molecular formula is C14H15N3O3S. The monoisotopic (exact) mass is 305 g/mol.